The van der Waals surface area contributed by atoms with E-state index in [-0.39, 0.29) is 39.3 Å². The van der Waals surface area contributed by atoms with Crippen molar-refractivity contribution in [1.82, 2.24) is 19.5 Å². The zero-order chi connectivity index (χ0) is 21.1. The quantitative estimate of drug-likeness (QED) is 0.456. The van der Waals surface area contributed by atoms with Crippen molar-refractivity contribution in [2.24, 2.45) is 0 Å². The van der Waals surface area contributed by atoms with Crippen LogP contribution in [-0.2, 0) is 16.1 Å². The van der Waals surface area contributed by atoms with Crippen LogP contribution in [0, 0.1) is 5.82 Å². The van der Waals surface area contributed by atoms with Gasteiger partial charge in [-0.05, 0) is 31.0 Å². The van der Waals surface area contributed by atoms with E-state index in [1.807, 2.05) is 0 Å². The monoisotopic (exact) mass is 449 g/mol. The first-order valence-corrected chi connectivity index (χ1v) is 10.6. The van der Waals surface area contributed by atoms with Crippen molar-refractivity contribution in [3.05, 3.63) is 51.8 Å². The Morgan fingerprint density at radius 2 is 2.20 bits per heavy atom. The summed E-state index contributed by atoms with van der Waals surface area (Å²) in [6.07, 6.45) is 4.55. The zero-order valence-electron chi connectivity index (χ0n) is 15.7. The van der Waals surface area contributed by atoms with Gasteiger partial charge in [-0.3, -0.25) is 14.2 Å². The van der Waals surface area contributed by atoms with Gasteiger partial charge in [0.25, 0.3) is 5.56 Å². The molecule has 1 unspecified atom stereocenters. The Labute approximate surface area is 179 Å². The standard InChI is InChI=1S/C19H17ClFN5O3S/c20-11-3-4-14(13(21)8-11)24-15(27)10-30-19-25-17-16(22-5-6-23-17)18(28)26(19)9-12-2-1-7-29-12/h3-6,8,12H,1-2,7,9-10H2,(H,24,27). The largest absolute Gasteiger partial charge is 0.376 e. The molecule has 1 fully saturated rings. The molecule has 1 N–H and O–H groups in total. The van der Waals surface area contributed by atoms with Gasteiger partial charge in [0.1, 0.15) is 5.82 Å². The van der Waals surface area contributed by atoms with E-state index < -0.39 is 11.7 Å². The third-order valence-electron chi connectivity index (χ3n) is 4.51. The molecule has 1 aliphatic rings. The second kappa shape index (κ2) is 9.07. The van der Waals surface area contributed by atoms with Gasteiger partial charge in [-0.2, -0.15) is 0 Å². The first-order valence-electron chi connectivity index (χ1n) is 9.22. The average Bonchev–Trinajstić information content (AvgIpc) is 3.24. The minimum atomic E-state index is -0.629. The van der Waals surface area contributed by atoms with Gasteiger partial charge >= 0.3 is 0 Å². The molecule has 1 aliphatic heterocycles. The highest BCUT2D eigenvalue weighted by Crippen LogP contribution is 2.22. The second-order valence-electron chi connectivity index (χ2n) is 6.63. The molecule has 0 bridgehead atoms. The highest BCUT2D eigenvalue weighted by atomic mass is 35.5. The highest BCUT2D eigenvalue weighted by Gasteiger charge is 2.21. The lowest BCUT2D eigenvalue weighted by molar-refractivity contribution is -0.113. The number of hydrogen-bond donors (Lipinski definition) is 1. The summed E-state index contributed by atoms with van der Waals surface area (Å²) in [6, 6.07) is 3.99. The number of rotatable bonds is 6. The van der Waals surface area contributed by atoms with Crippen molar-refractivity contribution >= 4 is 46.1 Å². The smallest absolute Gasteiger partial charge is 0.282 e. The van der Waals surface area contributed by atoms with Crippen molar-refractivity contribution in [1.29, 1.82) is 0 Å². The number of amides is 1. The van der Waals surface area contributed by atoms with Crippen LogP contribution in [0.1, 0.15) is 12.8 Å². The molecule has 0 spiro atoms. The predicted molar refractivity (Wildman–Crippen MR) is 111 cm³/mol. The summed E-state index contributed by atoms with van der Waals surface area (Å²) in [5, 5.41) is 3.06. The molecule has 0 aliphatic carbocycles. The SMILES string of the molecule is O=C(CSc1nc2nccnc2c(=O)n1CC1CCCO1)Nc1ccc(Cl)cc1F. The van der Waals surface area contributed by atoms with Crippen LogP contribution in [0.2, 0.25) is 5.02 Å². The fourth-order valence-corrected chi connectivity index (χ4v) is 4.05. The summed E-state index contributed by atoms with van der Waals surface area (Å²) >= 11 is 6.79. The number of aromatic nitrogens is 4. The van der Waals surface area contributed by atoms with Crippen LogP contribution in [0.5, 0.6) is 0 Å². The Morgan fingerprint density at radius 3 is 2.97 bits per heavy atom. The second-order valence-corrected chi connectivity index (χ2v) is 8.01. The van der Waals surface area contributed by atoms with Crippen molar-refractivity contribution in [2.45, 2.75) is 30.6 Å². The molecular weight excluding hydrogens is 433 g/mol. The Kier molecular flexibility index (Phi) is 6.26. The number of thioether (sulfide) groups is 1. The Morgan fingerprint density at radius 1 is 1.37 bits per heavy atom. The molecule has 156 valence electrons. The van der Waals surface area contributed by atoms with Crippen LogP contribution < -0.4 is 10.9 Å². The normalized spacial score (nSPS) is 16.1. The van der Waals surface area contributed by atoms with Gasteiger partial charge < -0.3 is 10.1 Å². The summed E-state index contributed by atoms with van der Waals surface area (Å²) in [6.45, 7) is 0.964. The summed E-state index contributed by atoms with van der Waals surface area (Å²) in [4.78, 5) is 37.9. The number of carbonyl (C=O) groups excluding carboxylic acids is 1. The molecular formula is C19H17ClFN5O3S. The van der Waals surface area contributed by atoms with Crippen molar-refractivity contribution < 1.29 is 13.9 Å². The molecule has 3 heterocycles. The molecule has 1 saturated heterocycles. The van der Waals surface area contributed by atoms with Crippen LogP contribution in [-0.4, -0.2) is 43.9 Å². The van der Waals surface area contributed by atoms with Gasteiger partial charge in [0.15, 0.2) is 16.3 Å². The third-order valence-corrected chi connectivity index (χ3v) is 5.72. The van der Waals surface area contributed by atoms with E-state index in [9.17, 15) is 14.0 Å². The minimum absolute atomic E-state index is 0.0269. The molecule has 2 aromatic heterocycles. The lowest BCUT2D eigenvalue weighted by Crippen LogP contribution is -2.30. The van der Waals surface area contributed by atoms with E-state index in [2.05, 4.69) is 20.3 Å². The maximum Gasteiger partial charge on any atom is 0.282 e. The topological polar surface area (TPSA) is 99.0 Å². The van der Waals surface area contributed by atoms with E-state index in [1.165, 1.54) is 29.1 Å². The van der Waals surface area contributed by atoms with Gasteiger partial charge in [-0.15, -0.1) is 0 Å². The fourth-order valence-electron chi connectivity index (χ4n) is 3.10. The van der Waals surface area contributed by atoms with Gasteiger partial charge in [-0.25, -0.2) is 19.3 Å². The summed E-state index contributed by atoms with van der Waals surface area (Å²) in [7, 11) is 0. The van der Waals surface area contributed by atoms with Crippen LogP contribution in [0.4, 0.5) is 10.1 Å². The molecule has 3 aromatic rings. The molecule has 1 aromatic carbocycles. The Bertz CT molecular complexity index is 1150. The van der Waals surface area contributed by atoms with E-state index >= 15 is 0 Å². The number of anilines is 1. The minimum Gasteiger partial charge on any atom is -0.376 e. The molecule has 1 atom stereocenters. The van der Waals surface area contributed by atoms with Crippen LogP contribution in [0.15, 0.2) is 40.5 Å². The van der Waals surface area contributed by atoms with E-state index in [0.29, 0.717) is 18.3 Å². The first kappa shape index (κ1) is 20.7. The zero-order valence-corrected chi connectivity index (χ0v) is 17.2. The third kappa shape index (κ3) is 4.61. The fraction of sp³-hybridized carbons (Fsp3) is 0.316. The average molecular weight is 450 g/mol. The van der Waals surface area contributed by atoms with Crippen molar-refractivity contribution in [3.63, 3.8) is 0 Å². The number of carbonyl (C=O) groups is 1. The number of nitrogens with one attached hydrogen (secondary N) is 1. The molecule has 8 nitrogen and oxygen atoms in total. The number of hydrogen-bond acceptors (Lipinski definition) is 7. The molecule has 0 radical (unpaired) electrons. The summed E-state index contributed by atoms with van der Waals surface area (Å²) in [5.74, 6) is -1.15. The molecule has 30 heavy (non-hydrogen) atoms. The maximum absolute atomic E-state index is 13.9. The van der Waals surface area contributed by atoms with Crippen molar-refractivity contribution in [2.75, 3.05) is 17.7 Å². The maximum atomic E-state index is 13.9. The number of benzene rings is 1. The summed E-state index contributed by atoms with van der Waals surface area (Å²) < 4.78 is 21.0. The lowest BCUT2D eigenvalue weighted by Gasteiger charge is -2.15. The van der Waals surface area contributed by atoms with Crippen molar-refractivity contribution in [3.8, 4) is 0 Å². The van der Waals surface area contributed by atoms with Crippen LogP contribution in [0.25, 0.3) is 11.2 Å². The predicted octanol–water partition coefficient (Wildman–Crippen LogP) is 2.89. The van der Waals surface area contributed by atoms with E-state index in [1.54, 1.807) is 0 Å². The summed E-state index contributed by atoms with van der Waals surface area (Å²) in [5.41, 5.74) is 0.0552. The lowest BCUT2D eigenvalue weighted by atomic mass is 10.2. The van der Waals surface area contributed by atoms with Gasteiger partial charge in [0.2, 0.25) is 5.91 Å². The van der Waals surface area contributed by atoms with Gasteiger partial charge in [-0.1, -0.05) is 23.4 Å². The van der Waals surface area contributed by atoms with Crippen LogP contribution in [0.3, 0.4) is 0 Å². The molecule has 1 amide bonds. The number of fused-ring (bicyclic) bond motifs is 1. The highest BCUT2D eigenvalue weighted by molar-refractivity contribution is 7.99. The number of ether oxygens (including phenoxy) is 1. The van der Waals surface area contributed by atoms with Gasteiger partial charge in [0, 0.05) is 24.0 Å². The van der Waals surface area contributed by atoms with Gasteiger partial charge in [0.05, 0.1) is 24.1 Å². The van der Waals surface area contributed by atoms with E-state index in [0.717, 1.165) is 30.7 Å². The first-order chi connectivity index (χ1) is 14.5. The Hall–Kier alpha value is -2.56. The van der Waals surface area contributed by atoms with Crippen LogP contribution >= 0.6 is 23.4 Å². The van der Waals surface area contributed by atoms with E-state index in [4.69, 9.17) is 16.3 Å². The molecule has 0 saturated carbocycles. The Balaban J connectivity index is 1.56. The number of nitrogens with zero attached hydrogens (tertiary/aromatic N) is 4. The molecule has 4 rings (SSSR count). The molecule has 11 heteroatoms. The number of halogens is 2.